The topological polar surface area (TPSA) is 83.9 Å². The van der Waals surface area contributed by atoms with Gasteiger partial charge in [0, 0.05) is 40.6 Å². The lowest BCUT2D eigenvalue weighted by molar-refractivity contribution is -0.137. The van der Waals surface area contributed by atoms with Gasteiger partial charge in [-0.2, -0.15) is 13.2 Å². The number of amidine groups is 1. The molecule has 3 aromatic rings. The molecule has 1 amide bonds. The number of aromatic nitrogens is 1. The van der Waals surface area contributed by atoms with Crippen molar-refractivity contribution in [3.63, 3.8) is 0 Å². The molecule has 0 unspecified atom stereocenters. The quantitative estimate of drug-likeness (QED) is 0.339. The number of benzene rings is 2. The molecule has 0 radical (unpaired) electrons. The van der Waals surface area contributed by atoms with Crippen molar-refractivity contribution >= 4 is 33.7 Å². The van der Waals surface area contributed by atoms with E-state index in [1.165, 1.54) is 12.1 Å². The van der Waals surface area contributed by atoms with E-state index in [-0.39, 0.29) is 17.3 Å². The van der Waals surface area contributed by atoms with Gasteiger partial charge in [0.1, 0.15) is 0 Å². The molecule has 0 fully saturated rings. The van der Waals surface area contributed by atoms with Crippen LogP contribution in [0.15, 0.2) is 59.6 Å². The second kappa shape index (κ2) is 7.97. The second-order valence-electron chi connectivity index (χ2n) is 6.00. The number of nitrogens with two attached hydrogens (primary N) is 1. The molecule has 28 heavy (non-hydrogen) atoms. The lowest BCUT2D eigenvalue weighted by atomic mass is 10.1. The van der Waals surface area contributed by atoms with Crippen LogP contribution in [0.1, 0.15) is 15.9 Å². The summed E-state index contributed by atoms with van der Waals surface area (Å²) in [5.41, 5.74) is 5.49. The van der Waals surface area contributed by atoms with E-state index in [2.05, 4.69) is 5.32 Å². The molecule has 1 aromatic heterocycles. The van der Waals surface area contributed by atoms with Crippen LogP contribution < -0.4 is 11.1 Å². The van der Waals surface area contributed by atoms with Gasteiger partial charge in [-0.05, 0) is 24.3 Å². The Morgan fingerprint density at radius 3 is 2.64 bits per heavy atom. The van der Waals surface area contributed by atoms with Crippen LogP contribution in [-0.2, 0) is 12.7 Å². The van der Waals surface area contributed by atoms with E-state index < -0.39 is 17.6 Å². The fourth-order valence-electron chi connectivity index (χ4n) is 2.83. The number of alkyl halides is 3. The van der Waals surface area contributed by atoms with Gasteiger partial charge in [0.25, 0.3) is 5.91 Å². The fourth-order valence-corrected chi connectivity index (χ4v) is 3.53. The van der Waals surface area contributed by atoms with Crippen molar-refractivity contribution in [2.45, 2.75) is 17.6 Å². The number of para-hydroxylation sites is 1. The number of thioether (sulfide) groups is 1. The molecule has 9 heteroatoms. The van der Waals surface area contributed by atoms with Crippen LogP contribution in [-0.4, -0.2) is 22.2 Å². The number of halogens is 3. The summed E-state index contributed by atoms with van der Waals surface area (Å²) < 4.78 is 40.3. The average molecular weight is 406 g/mol. The first-order valence-electron chi connectivity index (χ1n) is 8.31. The Labute approximate surface area is 163 Å². The summed E-state index contributed by atoms with van der Waals surface area (Å²) in [7, 11) is 0. The largest absolute Gasteiger partial charge is 0.416 e. The Morgan fingerprint density at radius 1 is 1.18 bits per heavy atom. The minimum atomic E-state index is -4.49. The van der Waals surface area contributed by atoms with Gasteiger partial charge in [-0.25, -0.2) is 0 Å². The molecular formula is C19H17F3N4OS. The molecular weight excluding hydrogens is 389 g/mol. The van der Waals surface area contributed by atoms with E-state index in [1.807, 2.05) is 35.0 Å². The first-order valence-corrected chi connectivity index (χ1v) is 9.12. The van der Waals surface area contributed by atoms with Crippen LogP contribution >= 0.6 is 11.8 Å². The van der Waals surface area contributed by atoms with Crippen molar-refractivity contribution in [3.05, 3.63) is 65.9 Å². The van der Waals surface area contributed by atoms with Crippen LogP contribution in [0.2, 0.25) is 0 Å². The molecule has 3 rings (SSSR count). The van der Waals surface area contributed by atoms with Gasteiger partial charge >= 0.3 is 6.18 Å². The van der Waals surface area contributed by atoms with E-state index in [9.17, 15) is 18.0 Å². The summed E-state index contributed by atoms with van der Waals surface area (Å²) in [6.45, 7) is 0.654. The van der Waals surface area contributed by atoms with E-state index in [1.54, 1.807) is 0 Å². The maximum Gasteiger partial charge on any atom is 0.416 e. The number of nitrogens with zero attached hydrogens (tertiary/aromatic N) is 1. The van der Waals surface area contributed by atoms with Gasteiger partial charge in [-0.15, -0.1) is 0 Å². The maximum absolute atomic E-state index is 12.8. The number of rotatable bonds is 5. The van der Waals surface area contributed by atoms with Gasteiger partial charge in [0.2, 0.25) is 0 Å². The first-order chi connectivity index (χ1) is 13.3. The molecule has 0 saturated heterocycles. The molecule has 0 spiro atoms. The molecule has 0 aliphatic rings. The molecule has 5 nitrogen and oxygen atoms in total. The predicted octanol–water partition coefficient (Wildman–Crippen LogP) is 4.08. The number of amides is 1. The summed E-state index contributed by atoms with van der Waals surface area (Å²) >= 11 is 1.14. The zero-order valence-electron chi connectivity index (χ0n) is 14.6. The summed E-state index contributed by atoms with van der Waals surface area (Å²) in [6.07, 6.45) is -2.65. The molecule has 0 atom stereocenters. The third kappa shape index (κ3) is 4.48. The van der Waals surface area contributed by atoms with Crippen molar-refractivity contribution in [1.82, 2.24) is 9.88 Å². The lowest BCUT2D eigenvalue weighted by Gasteiger charge is -2.10. The Kier molecular flexibility index (Phi) is 5.64. The van der Waals surface area contributed by atoms with Gasteiger partial charge in [-0.1, -0.05) is 36.0 Å². The highest BCUT2D eigenvalue weighted by Crippen LogP contribution is 2.30. The highest BCUT2D eigenvalue weighted by Gasteiger charge is 2.30. The molecule has 0 saturated carbocycles. The predicted molar refractivity (Wildman–Crippen MR) is 103 cm³/mol. The summed E-state index contributed by atoms with van der Waals surface area (Å²) in [4.78, 5) is 13.0. The number of hydrogen-bond acceptors (Lipinski definition) is 3. The van der Waals surface area contributed by atoms with Crippen molar-refractivity contribution < 1.29 is 18.0 Å². The van der Waals surface area contributed by atoms with Crippen molar-refractivity contribution in [2.75, 3.05) is 6.54 Å². The third-order valence-corrected chi connectivity index (χ3v) is 4.83. The molecule has 0 aliphatic heterocycles. The number of hydrogen-bond donors (Lipinski definition) is 3. The highest BCUT2D eigenvalue weighted by molar-refractivity contribution is 8.13. The molecule has 1 heterocycles. The van der Waals surface area contributed by atoms with Crippen molar-refractivity contribution in [2.24, 2.45) is 5.73 Å². The van der Waals surface area contributed by atoms with Crippen LogP contribution in [0, 0.1) is 5.41 Å². The smallest absolute Gasteiger partial charge is 0.378 e. The molecule has 146 valence electrons. The molecule has 4 N–H and O–H groups in total. The number of nitrogens with one attached hydrogen (secondary N) is 2. The first kappa shape index (κ1) is 19.8. The van der Waals surface area contributed by atoms with Crippen LogP contribution in [0.4, 0.5) is 13.2 Å². The number of carbonyl (C=O) groups is 1. The number of carbonyl (C=O) groups excluding carboxylic acids is 1. The minimum absolute atomic E-state index is 0.0271. The molecule has 2 aromatic carbocycles. The van der Waals surface area contributed by atoms with Crippen LogP contribution in [0.5, 0.6) is 0 Å². The number of fused-ring (bicyclic) bond motifs is 1. The van der Waals surface area contributed by atoms with E-state index >= 15 is 0 Å². The Morgan fingerprint density at radius 2 is 1.93 bits per heavy atom. The van der Waals surface area contributed by atoms with Crippen molar-refractivity contribution in [1.29, 1.82) is 5.41 Å². The van der Waals surface area contributed by atoms with Gasteiger partial charge in [0.05, 0.1) is 5.56 Å². The Balaban J connectivity index is 1.70. The zero-order valence-corrected chi connectivity index (χ0v) is 15.4. The standard InChI is InChI=1S/C19H17F3N4OS/c20-19(21,22)13-5-3-4-12(10-13)17(27)25-8-9-26-11-16(28-18(23)24)14-6-1-2-7-15(14)26/h1-7,10-11H,8-9H2,(H3,23,24)(H,25,27). The summed E-state index contributed by atoms with van der Waals surface area (Å²) in [5, 5.41) is 11.0. The van der Waals surface area contributed by atoms with Gasteiger partial charge in [-0.3, -0.25) is 10.2 Å². The Bertz CT molecular complexity index is 1030. The van der Waals surface area contributed by atoms with E-state index in [0.29, 0.717) is 6.54 Å². The van der Waals surface area contributed by atoms with Gasteiger partial charge < -0.3 is 15.6 Å². The average Bonchev–Trinajstić information content (AvgIpc) is 2.98. The molecule has 0 aliphatic carbocycles. The summed E-state index contributed by atoms with van der Waals surface area (Å²) in [6, 6.07) is 11.9. The Hall–Kier alpha value is -2.94. The third-order valence-electron chi connectivity index (χ3n) is 4.06. The van der Waals surface area contributed by atoms with Crippen LogP contribution in [0.25, 0.3) is 10.9 Å². The SMILES string of the molecule is N=C(N)Sc1cn(CCNC(=O)c2cccc(C(F)(F)F)c2)c2ccccc12. The fraction of sp³-hybridized carbons (Fsp3) is 0.158. The zero-order chi connectivity index (χ0) is 20.3. The monoisotopic (exact) mass is 406 g/mol. The second-order valence-corrected chi connectivity index (χ2v) is 7.09. The maximum atomic E-state index is 12.8. The van der Waals surface area contributed by atoms with E-state index in [4.69, 9.17) is 11.1 Å². The molecule has 0 bridgehead atoms. The van der Waals surface area contributed by atoms with Gasteiger partial charge in [0.15, 0.2) is 5.17 Å². The van der Waals surface area contributed by atoms with Crippen molar-refractivity contribution in [3.8, 4) is 0 Å². The highest BCUT2D eigenvalue weighted by atomic mass is 32.2. The van der Waals surface area contributed by atoms with E-state index in [0.717, 1.165) is 39.7 Å². The van der Waals surface area contributed by atoms with Crippen LogP contribution in [0.3, 0.4) is 0 Å². The summed E-state index contributed by atoms with van der Waals surface area (Å²) in [5.74, 6) is -0.569. The lowest BCUT2D eigenvalue weighted by Crippen LogP contribution is -2.27. The normalized spacial score (nSPS) is 11.5. The minimum Gasteiger partial charge on any atom is -0.378 e.